The average Bonchev–Trinajstić information content (AvgIpc) is 2.74. The van der Waals surface area contributed by atoms with Crippen molar-refractivity contribution in [1.82, 2.24) is 4.31 Å². The molecule has 5 nitrogen and oxygen atoms in total. The molecule has 0 bridgehead atoms. The van der Waals surface area contributed by atoms with Crippen molar-refractivity contribution in [1.29, 1.82) is 0 Å². The van der Waals surface area contributed by atoms with Crippen LogP contribution in [0.1, 0.15) is 27.0 Å². The molecule has 1 heterocycles. The van der Waals surface area contributed by atoms with Gasteiger partial charge in [-0.05, 0) is 0 Å². The second kappa shape index (κ2) is 8.62. The number of sulfonamides is 1. The Hall–Kier alpha value is -2.40. The van der Waals surface area contributed by atoms with Gasteiger partial charge in [0.05, 0.1) is 0 Å². The molecule has 1 aliphatic heterocycles. The Bertz CT molecular complexity index is 1250. The summed E-state index contributed by atoms with van der Waals surface area (Å²) < 4.78 is 28.1. The van der Waals surface area contributed by atoms with Crippen molar-refractivity contribution >= 4 is 40.4 Å². The van der Waals surface area contributed by atoms with Gasteiger partial charge in [0.2, 0.25) is 0 Å². The zero-order valence-corrected chi connectivity index (χ0v) is 20.5. The van der Waals surface area contributed by atoms with E-state index in [0.717, 1.165) is 23.1 Å². The maximum absolute atomic E-state index is 11.9. The quantitative estimate of drug-likeness (QED) is 0.544. The third-order valence-electron chi connectivity index (χ3n) is 5.70. The standard InChI is InChI=1S/C24H25AsN2O3S/c1-16-6-11-20(14-22(16)17-7-9-18(10-8-17)24(26)28)25-23-5-3-4-19-15-27(31(2,29)30)13-12-21(19)23/h3-11,14,25H,12-13,15H2,1-2H3,(H2,26,28). The summed E-state index contributed by atoms with van der Waals surface area (Å²) in [6.45, 7) is 3.09. The van der Waals surface area contributed by atoms with Crippen LogP contribution < -0.4 is 14.4 Å². The number of hydrogen-bond donors (Lipinski definition) is 1. The predicted molar refractivity (Wildman–Crippen MR) is 127 cm³/mol. The Morgan fingerprint density at radius 1 is 1.06 bits per heavy atom. The van der Waals surface area contributed by atoms with E-state index in [1.54, 1.807) is 16.4 Å². The van der Waals surface area contributed by atoms with Gasteiger partial charge in [-0.1, -0.05) is 0 Å². The Kier molecular flexibility index (Phi) is 6.06. The first-order chi connectivity index (χ1) is 14.7. The van der Waals surface area contributed by atoms with Crippen LogP contribution in [0.3, 0.4) is 0 Å². The number of nitrogens with zero attached hydrogens (tertiary/aromatic N) is 1. The molecular weight excluding hydrogens is 471 g/mol. The van der Waals surface area contributed by atoms with E-state index in [4.69, 9.17) is 5.73 Å². The van der Waals surface area contributed by atoms with Gasteiger partial charge < -0.3 is 0 Å². The second-order valence-corrected chi connectivity index (χ2v) is 12.7. The van der Waals surface area contributed by atoms with Gasteiger partial charge in [-0.3, -0.25) is 0 Å². The molecular formula is C24H25AsN2O3S. The van der Waals surface area contributed by atoms with Crippen LogP contribution >= 0.6 is 0 Å². The van der Waals surface area contributed by atoms with E-state index in [1.165, 1.54) is 26.1 Å². The Morgan fingerprint density at radius 3 is 2.48 bits per heavy atom. The molecule has 0 radical (unpaired) electrons. The summed E-state index contributed by atoms with van der Waals surface area (Å²) in [7, 11) is -3.18. The first kappa shape index (κ1) is 21.8. The first-order valence-corrected chi connectivity index (χ1v) is 14.0. The molecule has 0 fully saturated rings. The molecule has 1 aliphatic rings. The minimum atomic E-state index is -3.18. The van der Waals surface area contributed by atoms with Crippen molar-refractivity contribution in [3.8, 4) is 11.1 Å². The Morgan fingerprint density at radius 2 is 1.81 bits per heavy atom. The number of rotatable bonds is 5. The third-order valence-corrected chi connectivity index (χ3v) is 9.75. The van der Waals surface area contributed by atoms with Crippen LogP contribution in [-0.2, 0) is 23.0 Å². The van der Waals surface area contributed by atoms with Crippen molar-refractivity contribution < 1.29 is 13.2 Å². The van der Waals surface area contributed by atoms with E-state index in [9.17, 15) is 13.2 Å². The van der Waals surface area contributed by atoms with Crippen molar-refractivity contribution in [2.45, 2.75) is 19.9 Å². The molecule has 1 amide bonds. The summed E-state index contributed by atoms with van der Waals surface area (Å²) >= 11 is -0.576. The Balaban J connectivity index is 1.63. The molecule has 0 aliphatic carbocycles. The fourth-order valence-electron chi connectivity index (χ4n) is 3.96. The van der Waals surface area contributed by atoms with E-state index >= 15 is 0 Å². The summed E-state index contributed by atoms with van der Waals surface area (Å²) in [5.41, 5.74) is 11.7. The summed E-state index contributed by atoms with van der Waals surface area (Å²) in [5, 5.41) is 0. The van der Waals surface area contributed by atoms with Crippen LogP contribution in [0, 0.1) is 6.92 Å². The molecule has 4 rings (SSSR count). The van der Waals surface area contributed by atoms with Gasteiger partial charge in [-0.15, -0.1) is 0 Å². The second-order valence-electron chi connectivity index (χ2n) is 7.89. The van der Waals surface area contributed by atoms with E-state index in [0.29, 0.717) is 18.7 Å². The molecule has 0 spiro atoms. The number of benzene rings is 3. The molecule has 160 valence electrons. The van der Waals surface area contributed by atoms with Crippen LogP contribution in [0.15, 0.2) is 60.7 Å². The number of hydrogen-bond acceptors (Lipinski definition) is 3. The number of carbonyl (C=O) groups excluding carboxylic acids is 1. The molecule has 0 aromatic heterocycles. The molecule has 0 saturated carbocycles. The minimum absolute atomic E-state index is 0.424. The van der Waals surface area contributed by atoms with Crippen LogP contribution in [0.2, 0.25) is 0 Å². The summed E-state index contributed by atoms with van der Waals surface area (Å²) in [5.74, 6) is -0.424. The molecule has 3 aromatic carbocycles. The van der Waals surface area contributed by atoms with E-state index in [1.807, 2.05) is 24.3 Å². The van der Waals surface area contributed by atoms with Crippen LogP contribution in [0.25, 0.3) is 11.1 Å². The van der Waals surface area contributed by atoms with Gasteiger partial charge in [0.15, 0.2) is 0 Å². The number of nitrogens with two attached hydrogens (primary N) is 1. The molecule has 2 N–H and O–H groups in total. The molecule has 1 unspecified atom stereocenters. The van der Waals surface area contributed by atoms with Gasteiger partial charge in [-0.2, -0.15) is 0 Å². The van der Waals surface area contributed by atoms with Gasteiger partial charge in [0.1, 0.15) is 0 Å². The van der Waals surface area contributed by atoms with Crippen molar-refractivity contribution in [2.24, 2.45) is 5.73 Å². The zero-order chi connectivity index (χ0) is 22.2. The fourth-order valence-corrected chi connectivity index (χ4v) is 7.51. The van der Waals surface area contributed by atoms with Gasteiger partial charge in [0, 0.05) is 0 Å². The molecule has 3 aromatic rings. The number of fused-ring (bicyclic) bond motifs is 1. The first-order valence-electron chi connectivity index (χ1n) is 10.1. The monoisotopic (exact) mass is 496 g/mol. The molecule has 0 saturated heterocycles. The van der Waals surface area contributed by atoms with Gasteiger partial charge >= 0.3 is 190 Å². The zero-order valence-electron chi connectivity index (χ0n) is 17.6. The maximum atomic E-state index is 11.9. The van der Waals surface area contributed by atoms with Crippen molar-refractivity contribution in [3.05, 3.63) is 82.9 Å². The third kappa shape index (κ3) is 4.77. The number of carbonyl (C=O) groups is 1. The molecule has 31 heavy (non-hydrogen) atoms. The van der Waals surface area contributed by atoms with Crippen molar-refractivity contribution in [2.75, 3.05) is 12.8 Å². The molecule has 7 heteroatoms. The molecule has 1 atom stereocenters. The predicted octanol–water partition coefficient (Wildman–Crippen LogP) is 1.47. The van der Waals surface area contributed by atoms with Gasteiger partial charge in [-0.25, -0.2) is 0 Å². The summed E-state index contributed by atoms with van der Waals surface area (Å²) in [6, 6.07) is 20.3. The van der Waals surface area contributed by atoms with Crippen LogP contribution in [-0.4, -0.2) is 47.2 Å². The van der Waals surface area contributed by atoms with E-state index < -0.39 is 31.7 Å². The van der Waals surface area contributed by atoms with Gasteiger partial charge in [0.25, 0.3) is 0 Å². The van der Waals surface area contributed by atoms with Crippen LogP contribution in [0.4, 0.5) is 0 Å². The SMILES string of the molecule is Cc1ccc([AsH]c2cccc3c2CCN(S(C)(=O)=O)C3)cc1-c1ccc(C(N)=O)cc1. The van der Waals surface area contributed by atoms with E-state index in [-0.39, 0.29) is 0 Å². The Labute approximate surface area is 190 Å². The number of aryl methyl sites for hydroxylation is 1. The summed E-state index contributed by atoms with van der Waals surface area (Å²) in [4.78, 5) is 11.4. The van der Waals surface area contributed by atoms with Crippen LogP contribution in [0.5, 0.6) is 0 Å². The van der Waals surface area contributed by atoms with E-state index in [2.05, 4.69) is 31.2 Å². The average molecular weight is 496 g/mol. The normalized spacial score (nSPS) is 14.6. The van der Waals surface area contributed by atoms with Crippen molar-refractivity contribution in [3.63, 3.8) is 0 Å². The topological polar surface area (TPSA) is 80.5 Å². The fraction of sp³-hybridized carbons (Fsp3) is 0.208. The number of primary amides is 1. The number of amides is 1. The summed E-state index contributed by atoms with van der Waals surface area (Å²) in [6.07, 6.45) is 2.04.